The Morgan fingerprint density at radius 3 is 2.50 bits per heavy atom. The van der Waals surface area contributed by atoms with Gasteiger partial charge in [0.15, 0.2) is 0 Å². The number of hydrogen-bond donors (Lipinski definition) is 1. The fraction of sp³-hybridized carbons (Fsp3) is 0.100. The maximum Gasteiger partial charge on any atom is 0.265 e. The Labute approximate surface area is 162 Å². The molecule has 8 heteroatoms. The van der Waals surface area contributed by atoms with E-state index in [1.54, 1.807) is 26.0 Å². The maximum absolute atomic E-state index is 13.2. The van der Waals surface area contributed by atoms with Crippen molar-refractivity contribution >= 4 is 15.9 Å². The molecule has 141 valence electrons. The zero-order chi connectivity index (χ0) is 19.7. The molecule has 0 bridgehead atoms. The van der Waals surface area contributed by atoms with Gasteiger partial charge in [0, 0.05) is 11.6 Å². The number of hydrogen-bond acceptors (Lipinski definition) is 6. The van der Waals surface area contributed by atoms with Gasteiger partial charge in [-0.05, 0) is 31.0 Å². The molecule has 0 saturated heterocycles. The molecule has 0 atom stereocenters. The molecule has 0 aliphatic heterocycles. The second-order valence-electron chi connectivity index (χ2n) is 6.15. The number of benzene rings is 2. The summed E-state index contributed by atoms with van der Waals surface area (Å²) in [6.07, 6.45) is 2.84. The van der Waals surface area contributed by atoms with Crippen LogP contribution in [0.4, 0.5) is 5.88 Å². The van der Waals surface area contributed by atoms with Crippen LogP contribution >= 0.6 is 0 Å². The van der Waals surface area contributed by atoms with Gasteiger partial charge in [-0.2, -0.15) is 0 Å². The summed E-state index contributed by atoms with van der Waals surface area (Å²) in [7, 11) is -4.05. The molecule has 2 aromatic heterocycles. The first-order chi connectivity index (χ1) is 13.5. The number of rotatable bonds is 5. The normalized spacial score (nSPS) is 11.5. The number of oxazole rings is 1. The first-order valence-corrected chi connectivity index (χ1v) is 9.91. The molecule has 1 N–H and O–H groups in total. The van der Waals surface area contributed by atoms with Crippen molar-refractivity contribution in [1.82, 2.24) is 10.1 Å². The Bertz CT molecular complexity index is 1210. The van der Waals surface area contributed by atoms with Crippen molar-refractivity contribution in [2.45, 2.75) is 18.7 Å². The van der Waals surface area contributed by atoms with Gasteiger partial charge in [-0.3, -0.25) is 0 Å². The van der Waals surface area contributed by atoms with E-state index in [1.807, 2.05) is 30.3 Å². The van der Waals surface area contributed by atoms with Gasteiger partial charge in [0.2, 0.25) is 11.8 Å². The van der Waals surface area contributed by atoms with Crippen LogP contribution in [-0.4, -0.2) is 18.6 Å². The lowest BCUT2D eigenvalue weighted by Gasteiger charge is -2.11. The lowest BCUT2D eigenvalue weighted by molar-refractivity contribution is 0.430. The predicted molar refractivity (Wildman–Crippen MR) is 103 cm³/mol. The number of aryl methyl sites for hydroxylation is 1. The fourth-order valence-corrected chi connectivity index (χ4v) is 3.91. The molecular weight excluding hydrogens is 378 g/mol. The van der Waals surface area contributed by atoms with Gasteiger partial charge in [0.1, 0.15) is 11.2 Å². The maximum atomic E-state index is 13.2. The fourth-order valence-electron chi connectivity index (χ4n) is 2.68. The summed E-state index contributed by atoms with van der Waals surface area (Å²) in [6, 6.07) is 15.8. The van der Waals surface area contributed by atoms with Gasteiger partial charge in [0.25, 0.3) is 10.0 Å². The Balaban J connectivity index is 1.86. The van der Waals surface area contributed by atoms with E-state index >= 15 is 0 Å². The van der Waals surface area contributed by atoms with Crippen LogP contribution in [0.25, 0.3) is 22.6 Å². The lowest BCUT2D eigenvalue weighted by Crippen LogP contribution is -2.15. The average Bonchev–Trinajstić information content (AvgIpc) is 3.34. The average molecular weight is 394 g/mol. The Morgan fingerprint density at radius 2 is 1.86 bits per heavy atom. The topological polar surface area (TPSA) is 98.2 Å². The summed E-state index contributed by atoms with van der Waals surface area (Å²) >= 11 is 0. The van der Waals surface area contributed by atoms with Gasteiger partial charge < -0.3 is 8.94 Å². The van der Waals surface area contributed by atoms with Crippen LogP contribution in [0.3, 0.4) is 0 Å². The van der Waals surface area contributed by atoms with Crippen LogP contribution in [0.1, 0.15) is 11.3 Å². The first-order valence-electron chi connectivity index (χ1n) is 8.43. The van der Waals surface area contributed by atoms with Crippen molar-refractivity contribution in [3.63, 3.8) is 0 Å². The highest BCUT2D eigenvalue weighted by atomic mass is 32.2. The molecule has 4 aromatic rings. The van der Waals surface area contributed by atoms with Crippen molar-refractivity contribution in [3.05, 3.63) is 72.2 Å². The number of nitrogens with zero attached hydrogens (tertiary/aromatic N) is 2. The molecule has 0 aliphatic rings. The quantitative estimate of drug-likeness (QED) is 0.544. The molecule has 2 aromatic carbocycles. The predicted octanol–water partition coefficient (Wildman–Crippen LogP) is 4.21. The van der Waals surface area contributed by atoms with E-state index in [2.05, 4.69) is 20.9 Å². The van der Waals surface area contributed by atoms with Crippen LogP contribution < -0.4 is 4.72 Å². The number of nitrogens with one attached hydrogen (secondary N) is 1. The minimum Gasteiger partial charge on any atom is -0.444 e. The summed E-state index contributed by atoms with van der Waals surface area (Å²) in [4.78, 5) is 3.98. The second-order valence-corrected chi connectivity index (χ2v) is 7.76. The third-order valence-electron chi connectivity index (χ3n) is 4.31. The van der Waals surface area contributed by atoms with Crippen LogP contribution in [0.2, 0.25) is 0 Å². The molecule has 28 heavy (non-hydrogen) atoms. The van der Waals surface area contributed by atoms with Crippen molar-refractivity contribution in [1.29, 1.82) is 0 Å². The van der Waals surface area contributed by atoms with Gasteiger partial charge in [-0.25, -0.2) is 18.1 Å². The Kier molecular flexibility index (Phi) is 4.48. The molecule has 2 heterocycles. The highest BCUT2D eigenvalue weighted by molar-refractivity contribution is 7.92. The highest BCUT2D eigenvalue weighted by Crippen LogP contribution is 2.32. The molecule has 4 rings (SSSR count). The minimum atomic E-state index is -4.05. The molecule has 0 aliphatic carbocycles. The highest BCUT2D eigenvalue weighted by Gasteiger charge is 2.25. The standard InChI is InChI=1S/C20H16N3O4S/c1-13-14(2)22-27-19(13)23-28(24,25)18-12-16(15-6-4-3-5-7-15)8-9-17(18)20-21-10-11-26-20/h3-11,23H,1-2H3. The van der Waals surface area contributed by atoms with E-state index in [4.69, 9.17) is 8.94 Å². The number of sulfonamides is 1. The summed E-state index contributed by atoms with van der Waals surface area (Å²) in [6.45, 7) is 3.46. The number of aromatic nitrogens is 2. The lowest BCUT2D eigenvalue weighted by atomic mass is 10.0. The summed E-state index contributed by atoms with van der Waals surface area (Å²) in [5.74, 6) is 0.246. The van der Waals surface area contributed by atoms with Crippen molar-refractivity contribution in [2.24, 2.45) is 0 Å². The van der Waals surface area contributed by atoms with Gasteiger partial charge >= 0.3 is 0 Å². The minimum absolute atomic E-state index is 0.0642. The third kappa shape index (κ3) is 3.29. The molecule has 7 nitrogen and oxygen atoms in total. The first kappa shape index (κ1) is 18.0. The molecule has 0 unspecified atom stereocenters. The van der Waals surface area contributed by atoms with E-state index in [9.17, 15) is 8.42 Å². The summed E-state index contributed by atoms with van der Waals surface area (Å²) in [5.41, 5.74) is 2.98. The zero-order valence-corrected chi connectivity index (χ0v) is 15.9. The molecule has 0 saturated carbocycles. The largest absolute Gasteiger partial charge is 0.444 e. The van der Waals surface area contributed by atoms with E-state index in [1.165, 1.54) is 12.5 Å². The van der Waals surface area contributed by atoms with Crippen LogP contribution in [0, 0.1) is 19.9 Å². The van der Waals surface area contributed by atoms with Crippen molar-refractivity contribution < 1.29 is 17.4 Å². The van der Waals surface area contributed by atoms with Crippen molar-refractivity contribution in [2.75, 3.05) is 4.72 Å². The van der Waals surface area contributed by atoms with Crippen LogP contribution in [-0.2, 0) is 10.0 Å². The van der Waals surface area contributed by atoms with E-state index in [-0.39, 0.29) is 16.7 Å². The van der Waals surface area contributed by atoms with E-state index in [0.717, 1.165) is 5.56 Å². The smallest absolute Gasteiger partial charge is 0.265 e. The monoisotopic (exact) mass is 394 g/mol. The molecule has 0 fully saturated rings. The van der Waals surface area contributed by atoms with Gasteiger partial charge in [-0.15, -0.1) is 0 Å². The summed E-state index contributed by atoms with van der Waals surface area (Å²) < 4.78 is 39.2. The summed E-state index contributed by atoms with van der Waals surface area (Å²) in [5, 5.41) is 3.79. The molecule has 0 spiro atoms. The van der Waals surface area contributed by atoms with Gasteiger partial charge in [0.05, 0.1) is 17.5 Å². The molecule has 0 amide bonds. The van der Waals surface area contributed by atoms with Crippen LogP contribution in [0.5, 0.6) is 0 Å². The van der Waals surface area contributed by atoms with Crippen LogP contribution in [0.15, 0.2) is 68.8 Å². The third-order valence-corrected chi connectivity index (χ3v) is 5.62. The van der Waals surface area contributed by atoms with E-state index < -0.39 is 10.0 Å². The van der Waals surface area contributed by atoms with Crippen molar-refractivity contribution in [3.8, 4) is 22.6 Å². The number of anilines is 1. The van der Waals surface area contributed by atoms with E-state index in [0.29, 0.717) is 22.4 Å². The Hall–Kier alpha value is -3.39. The zero-order valence-electron chi connectivity index (χ0n) is 15.1. The molecule has 1 radical (unpaired) electrons. The Morgan fingerprint density at radius 1 is 1.07 bits per heavy atom. The molecular formula is C20H16N3O4S. The SMILES string of the molecule is Cc1noc(NS(=O)(=O)c2[c]c(-c3ccccc3)ccc2-c2ncco2)c1C. The van der Waals surface area contributed by atoms with Gasteiger partial charge in [-0.1, -0.05) is 41.6 Å². The second kappa shape index (κ2) is 6.97.